The minimum atomic E-state index is -0.235. The molecule has 1 heterocycles. The van der Waals surface area contributed by atoms with Crippen LogP contribution in [0.3, 0.4) is 0 Å². The maximum Gasteiger partial charge on any atom is 0.203 e. The third-order valence-corrected chi connectivity index (χ3v) is 2.63. The Labute approximate surface area is 110 Å². The second-order valence-electron chi connectivity index (χ2n) is 3.95. The van der Waals surface area contributed by atoms with Crippen molar-refractivity contribution in [1.29, 1.82) is 0 Å². The summed E-state index contributed by atoms with van der Waals surface area (Å²) in [6, 6.07) is 6.49. The van der Waals surface area contributed by atoms with Crippen molar-refractivity contribution in [1.82, 2.24) is 9.97 Å². The van der Waals surface area contributed by atoms with Crippen LogP contribution in [-0.2, 0) is 6.42 Å². The lowest BCUT2D eigenvalue weighted by Gasteiger charge is -2.10. The van der Waals surface area contributed by atoms with Crippen LogP contribution in [0.2, 0.25) is 0 Å². The Balaban J connectivity index is 1.98. The van der Waals surface area contributed by atoms with E-state index in [1.807, 2.05) is 6.07 Å². The van der Waals surface area contributed by atoms with E-state index in [1.165, 1.54) is 25.6 Å². The summed E-state index contributed by atoms with van der Waals surface area (Å²) in [5, 5.41) is 3.09. The van der Waals surface area contributed by atoms with Gasteiger partial charge < -0.3 is 15.8 Å². The van der Waals surface area contributed by atoms with Crippen LogP contribution in [0.1, 0.15) is 5.56 Å². The summed E-state index contributed by atoms with van der Waals surface area (Å²) in [5.41, 5.74) is 6.58. The summed E-state index contributed by atoms with van der Waals surface area (Å²) >= 11 is 0. The second-order valence-corrected chi connectivity index (χ2v) is 3.95. The molecular formula is C13H15FN4O. The van der Waals surface area contributed by atoms with Gasteiger partial charge in [-0.1, -0.05) is 12.1 Å². The molecule has 3 N–H and O–H groups in total. The number of nitrogens with zero attached hydrogens (tertiary/aromatic N) is 2. The van der Waals surface area contributed by atoms with Gasteiger partial charge in [0.15, 0.2) is 11.6 Å². The molecule has 19 heavy (non-hydrogen) atoms. The first-order chi connectivity index (χ1) is 9.20. The molecule has 0 radical (unpaired) electrons. The number of ether oxygens (including phenoxy) is 1. The van der Waals surface area contributed by atoms with Crippen LogP contribution < -0.4 is 15.8 Å². The van der Waals surface area contributed by atoms with E-state index < -0.39 is 0 Å². The smallest absolute Gasteiger partial charge is 0.203 e. The number of hydrogen-bond acceptors (Lipinski definition) is 5. The molecule has 6 heteroatoms. The van der Waals surface area contributed by atoms with Gasteiger partial charge in [-0.2, -0.15) is 0 Å². The fourth-order valence-corrected chi connectivity index (χ4v) is 1.73. The van der Waals surface area contributed by atoms with Gasteiger partial charge in [-0.15, -0.1) is 0 Å². The monoisotopic (exact) mass is 262 g/mol. The Morgan fingerprint density at radius 1 is 1.37 bits per heavy atom. The minimum Gasteiger partial charge on any atom is -0.490 e. The molecule has 0 aliphatic heterocycles. The molecular weight excluding hydrogens is 247 g/mol. The molecule has 100 valence electrons. The number of aromatic nitrogens is 2. The predicted molar refractivity (Wildman–Crippen MR) is 71.6 cm³/mol. The largest absolute Gasteiger partial charge is 0.490 e. The Morgan fingerprint density at radius 2 is 2.21 bits per heavy atom. The molecule has 1 aromatic heterocycles. The highest BCUT2D eigenvalue weighted by Gasteiger charge is 2.08. The molecule has 0 saturated heterocycles. The molecule has 2 aromatic rings. The number of rotatable bonds is 5. The predicted octanol–water partition coefficient (Wildman–Crippen LogP) is 1.86. The minimum absolute atomic E-state index is 0.235. The van der Waals surface area contributed by atoms with Crippen molar-refractivity contribution in [3.05, 3.63) is 42.0 Å². The first kappa shape index (κ1) is 13.1. The highest BCUT2D eigenvalue weighted by molar-refractivity contribution is 5.61. The topological polar surface area (TPSA) is 73.1 Å². The standard InChI is InChI=1S/C13H15FN4O/c1-19-11-12(15)17-8-18-13(11)16-6-5-9-3-2-4-10(14)7-9/h2-4,7-8H,5-6H2,1H3,(H3,15,16,17,18). The van der Waals surface area contributed by atoms with E-state index >= 15 is 0 Å². The number of benzene rings is 1. The molecule has 0 atom stereocenters. The molecule has 2 rings (SSSR count). The quantitative estimate of drug-likeness (QED) is 0.860. The average molecular weight is 262 g/mol. The third-order valence-electron chi connectivity index (χ3n) is 2.63. The molecule has 0 unspecified atom stereocenters. The fraction of sp³-hybridized carbons (Fsp3) is 0.231. The van der Waals surface area contributed by atoms with E-state index in [0.29, 0.717) is 24.5 Å². The second kappa shape index (κ2) is 5.99. The lowest BCUT2D eigenvalue weighted by atomic mass is 10.1. The van der Waals surface area contributed by atoms with Crippen LogP contribution in [-0.4, -0.2) is 23.6 Å². The lowest BCUT2D eigenvalue weighted by Crippen LogP contribution is -2.09. The number of anilines is 2. The van der Waals surface area contributed by atoms with E-state index in [2.05, 4.69) is 15.3 Å². The van der Waals surface area contributed by atoms with Crippen molar-refractivity contribution in [2.75, 3.05) is 24.7 Å². The zero-order chi connectivity index (χ0) is 13.7. The van der Waals surface area contributed by atoms with Gasteiger partial charge >= 0.3 is 0 Å². The van der Waals surface area contributed by atoms with Crippen LogP contribution in [0, 0.1) is 5.82 Å². The van der Waals surface area contributed by atoms with Crippen molar-refractivity contribution in [3.63, 3.8) is 0 Å². The SMILES string of the molecule is COc1c(N)ncnc1NCCc1cccc(F)c1. The number of halogens is 1. The van der Waals surface area contributed by atoms with Gasteiger partial charge in [0.05, 0.1) is 7.11 Å². The van der Waals surface area contributed by atoms with Crippen LogP contribution in [0.25, 0.3) is 0 Å². The van der Waals surface area contributed by atoms with E-state index in [-0.39, 0.29) is 11.6 Å². The van der Waals surface area contributed by atoms with Crippen molar-refractivity contribution >= 4 is 11.6 Å². The van der Waals surface area contributed by atoms with Crippen LogP contribution in [0.5, 0.6) is 5.75 Å². The maximum absolute atomic E-state index is 13.0. The number of methoxy groups -OCH3 is 1. The zero-order valence-electron chi connectivity index (χ0n) is 10.6. The van der Waals surface area contributed by atoms with Gasteiger partial charge in [0, 0.05) is 6.54 Å². The average Bonchev–Trinajstić information content (AvgIpc) is 2.39. The van der Waals surface area contributed by atoms with Gasteiger partial charge in [-0.05, 0) is 24.1 Å². The van der Waals surface area contributed by atoms with E-state index in [9.17, 15) is 4.39 Å². The van der Waals surface area contributed by atoms with E-state index in [0.717, 1.165) is 5.56 Å². The number of nitrogens with one attached hydrogen (secondary N) is 1. The third kappa shape index (κ3) is 3.31. The molecule has 5 nitrogen and oxygen atoms in total. The molecule has 1 aromatic carbocycles. The highest BCUT2D eigenvalue weighted by atomic mass is 19.1. The van der Waals surface area contributed by atoms with Crippen molar-refractivity contribution in [2.45, 2.75) is 6.42 Å². The first-order valence-corrected chi connectivity index (χ1v) is 5.83. The molecule has 0 spiro atoms. The highest BCUT2D eigenvalue weighted by Crippen LogP contribution is 2.25. The Hall–Kier alpha value is -2.37. The summed E-state index contributed by atoms with van der Waals surface area (Å²) in [6.07, 6.45) is 2.03. The van der Waals surface area contributed by atoms with Crippen LogP contribution in [0.4, 0.5) is 16.0 Å². The fourth-order valence-electron chi connectivity index (χ4n) is 1.73. The van der Waals surface area contributed by atoms with Gasteiger partial charge in [-0.25, -0.2) is 14.4 Å². The number of nitrogen functional groups attached to an aromatic ring is 1. The van der Waals surface area contributed by atoms with Crippen LogP contribution in [0.15, 0.2) is 30.6 Å². The Kier molecular flexibility index (Phi) is 4.12. The lowest BCUT2D eigenvalue weighted by molar-refractivity contribution is 0.415. The molecule has 0 bridgehead atoms. The zero-order valence-corrected chi connectivity index (χ0v) is 10.6. The van der Waals surface area contributed by atoms with Crippen molar-refractivity contribution in [2.24, 2.45) is 0 Å². The summed E-state index contributed by atoms with van der Waals surface area (Å²) < 4.78 is 18.1. The maximum atomic E-state index is 13.0. The van der Waals surface area contributed by atoms with E-state index in [1.54, 1.807) is 6.07 Å². The molecule has 0 saturated carbocycles. The van der Waals surface area contributed by atoms with Crippen molar-refractivity contribution < 1.29 is 9.13 Å². The molecule has 0 aliphatic rings. The summed E-state index contributed by atoms with van der Waals surface area (Å²) in [7, 11) is 1.51. The normalized spacial score (nSPS) is 10.2. The number of nitrogens with two attached hydrogens (primary N) is 1. The van der Waals surface area contributed by atoms with E-state index in [4.69, 9.17) is 10.5 Å². The van der Waals surface area contributed by atoms with Gasteiger partial charge in [0.25, 0.3) is 0 Å². The summed E-state index contributed by atoms with van der Waals surface area (Å²) in [4.78, 5) is 7.90. The van der Waals surface area contributed by atoms with Gasteiger partial charge in [0.2, 0.25) is 5.75 Å². The molecule has 0 fully saturated rings. The first-order valence-electron chi connectivity index (χ1n) is 5.83. The Morgan fingerprint density at radius 3 is 2.95 bits per heavy atom. The Bertz CT molecular complexity index is 562. The molecule has 0 aliphatic carbocycles. The summed E-state index contributed by atoms with van der Waals surface area (Å²) in [6.45, 7) is 0.594. The summed E-state index contributed by atoms with van der Waals surface area (Å²) in [5.74, 6) is 1.00. The number of hydrogen-bond donors (Lipinski definition) is 2. The van der Waals surface area contributed by atoms with Crippen LogP contribution >= 0.6 is 0 Å². The van der Waals surface area contributed by atoms with Gasteiger partial charge in [-0.3, -0.25) is 0 Å². The molecule has 0 amide bonds. The van der Waals surface area contributed by atoms with Gasteiger partial charge in [0.1, 0.15) is 12.1 Å². The van der Waals surface area contributed by atoms with Crippen molar-refractivity contribution in [3.8, 4) is 5.75 Å².